The van der Waals surface area contributed by atoms with Crippen molar-refractivity contribution < 1.29 is 4.92 Å². The Morgan fingerprint density at radius 2 is 2.04 bits per heavy atom. The third kappa shape index (κ3) is 3.24. The van der Waals surface area contributed by atoms with Crippen LogP contribution >= 0.6 is 0 Å². The molecule has 1 saturated heterocycles. The van der Waals surface area contributed by atoms with E-state index in [1.165, 1.54) is 6.07 Å². The third-order valence-electron chi connectivity index (χ3n) is 3.99. The van der Waals surface area contributed by atoms with Gasteiger partial charge in [-0.15, -0.1) is 0 Å². The highest BCUT2D eigenvalue weighted by Gasteiger charge is 2.25. The second-order valence-electron chi connectivity index (χ2n) is 5.51. The number of nitrogens with zero attached hydrogens (tertiary/aromatic N) is 3. The average molecular weight is 308 g/mol. The van der Waals surface area contributed by atoms with Crippen LogP contribution in [0.4, 0.5) is 17.1 Å². The van der Waals surface area contributed by atoms with E-state index in [0.29, 0.717) is 11.3 Å². The molecule has 116 valence electrons. The monoisotopic (exact) mass is 308 g/mol. The lowest BCUT2D eigenvalue weighted by molar-refractivity contribution is -0.384. The molecule has 6 nitrogen and oxygen atoms in total. The molecule has 0 aromatic heterocycles. The Kier molecular flexibility index (Phi) is 4.11. The molecule has 1 atom stereocenters. The quantitative estimate of drug-likeness (QED) is 0.693. The summed E-state index contributed by atoms with van der Waals surface area (Å²) in [6, 6.07) is 16.7. The number of hydrogen-bond donors (Lipinski definition) is 1. The highest BCUT2D eigenvalue weighted by Crippen LogP contribution is 2.28. The fourth-order valence-electron chi connectivity index (χ4n) is 2.85. The second-order valence-corrected chi connectivity index (χ2v) is 5.51. The van der Waals surface area contributed by atoms with E-state index in [9.17, 15) is 10.1 Å². The summed E-state index contributed by atoms with van der Waals surface area (Å²) < 4.78 is 0. The summed E-state index contributed by atoms with van der Waals surface area (Å²) in [6.07, 6.45) is 0.909. The molecule has 0 spiro atoms. The van der Waals surface area contributed by atoms with Crippen LogP contribution < -0.4 is 10.2 Å². The number of nitro groups is 1. The van der Waals surface area contributed by atoms with E-state index in [1.807, 2.05) is 24.3 Å². The van der Waals surface area contributed by atoms with Crippen molar-refractivity contribution in [3.05, 3.63) is 64.2 Å². The van der Waals surface area contributed by atoms with Crippen molar-refractivity contribution in [2.45, 2.75) is 12.5 Å². The van der Waals surface area contributed by atoms with E-state index in [4.69, 9.17) is 5.26 Å². The molecule has 6 heteroatoms. The van der Waals surface area contributed by atoms with Crippen LogP contribution in [0.1, 0.15) is 12.0 Å². The number of nitriles is 1. The van der Waals surface area contributed by atoms with Gasteiger partial charge in [0, 0.05) is 30.9 Å². The molecule has 1 fully saturated rings. The fourth-order valence-corrected chi connectivity index (χ4v) is 2.85. The smallest absolute Gasteiger partial charge is 0.293 e. The van der Waals surface area contributed by atoms with E-state index in [2.05, 4.69) is 22.3 Å². The number of benzene rings is 2. The minimum absolute atomic E-state index is 0.0535. The van der Waals surface area contributed by atoms with E-state index in [-0.39, 0.29) is 11.7 Å². The number of nitro benzene ring substituents is 1. The molecule has 0 radical (unpaired) electrons. The average Bonchev–Trinajstić information content (AvgIpc) is 3.04. The molecular weight excluding hydrogens is 292 g/mol. The van der Waals surface area contributed by atoms with Crippen LogP contribution in [-0.4, -0.2) is 24.1 Å². The molecule has 3 rings (SSSR count). The lowest BCUT2D eigenvalue weighted by Gasteiger charge is -2.19. The van der Waals surface area contributed by atoms with Crippen LogP contribution in [0, 0.1) is 21.4 Å². The van der Waals surface area contributed by atoms with Crippen molar-refractivity contribution in [2.75, 3.05) is 23.3 Å². The Hall–Kier alpha value is -3.07. The van der Waals surface area contributed by atoms with Crippen molar-refractivity contribution in [3.8, 4) is 6.07 Å². The van der Waals surface area contributed by atoms with Gasteiger partial charge in [-0.2, -0.15) is 5.26 Å². The molecule has 0 amide bonds. The van der Waals surface area contributed by atoms with Gasteiger partial charge in [0.2, 0.25) is 0 Å². The van der Waals surface area contributed by atoms with Crippen LogP contribution in [-0.2, 0) is 0 Å². The zero-order valence-electron chi connectivity index (χ0n) is 12.5. The molecule has 0 saturated carbocycles. The Labute approximate surface area is 134 Å². The van der Waals surface area contributed by atoms with Crippen LogP contribution in [0.5, 0.6) is 0 Å². The molecule has 0 bridgehead atoms. The summed E-state index contributed by atoms with van der Waals surface area (Å²) in [7, 11) is 0. The number of rotatable bonds is 4. The SMILES string of the molecule is N#Cc1ccc(NC2CCN(c3ccccc3)C2)c([N+](=O)[O-])c1. The van der Waals surface area contributed by atoms with Gasteiger partial charge in [-0.1, -0.05) is 18.2 Å². The molecule has 0 aliphatic carbocycles. The number of anilines is 2. The Morgan fingerprint density at radius 3 is 2.74 bits per heavy atom. The Balaban J connectivity index is 1.74. The van der Waals surface area contributed by atoms with Crippen molar-refractivity contribution in [1.82, 2.24) is 0 Å². The van der Waals surface area contributed by atoms with Crippen molar-refractivity contribution in [1.29, 1.82) is 5.26 Å². The van der Waals surface area contributed by atoms with Gasteiger partial charge in [-0.25, -0.2) is 0 Å². The summed E-state index contributed by atoms with van der Waals surface area (Å²) >= 11 is 0. The maximum Gasteiger partial charge on any atom is 0.293 e. The van der Waals surface area contributed by atoms with Gasteiger partial charge >= 0.3 is 0 Å². The van der Waals surface area contributed by atoms with Crippen molar-refractivity contribution in [3.63, 3.8) is 0 Å². The maximum absolute atomic E-state index is 11.2. The highest BCUT2D eigenvalue weighted by molar-refractivity contribution is 5.65. The minimum Gasteiger partial charge on any atom is -0.375 e. The largest absolute Gasteiger partial charge is 0.375 e. The van der Waals surface area contributed by atoms with Gasteiger partial charge in [0.1, 0.15) is 5.69 Å². The highest BCUT2D eigenvalue weighted by atomic mass is 16.6. The van der Waals surface area contributed by atoms with Crippen LogP contribution in [0.25, 0.3) is 0 Å². The van der Waals surface area contributed by atoms with Gasteiger partial charge in [0.25, 0.3) is 5.69 Å². The minimum atomic E-state index is -0.451. The molecule has 2 aromatic carbocycles. The lowest BCUT2D eigenvalue weighted by atomic mass is 10.1. The molecule has 1 N–H and O–H groups in total. The molecule has 2 aromatic rings. The van der Waals surface area contributed by atoms with Gasteiger partial charge in [0.15, 0.2) is 0 Å². The van der Waals surface area contributed by atoms with Gasteiger partial charge in [-0.3, -0.25) is 10.1 Å². The van der Waals surface area contributed by atoms with E-state index >= 15 is 0 Å². The van der Waals surface area contributed by atoms with Gasteiger partial charge in [-0.05, 0) is 30.7 Å². The number of nitrogens with one attached hydrogen (secondary N) is 1. The van der Waals surface area contributed by atoms with E-state index in [1.54, 1.807) is 12.1 Å². The third-order valence-corrected chi connectivity index (χ3v) is 3.99. The zero-order valence-corrected chi connectivity index (χ0v) is 12.5. The zero-order chi connectivity index (χ0) is 16.2. The second kappa shape index (κ2) is 6.36. The predicted octanol–water partition coefficient (Wildman–Crippen LogP) is 3.16. The standard InChI is InChI=1S/C17H16N4O2/c18-11-13-6-7-16(17(10-13)21(22)23)19-14-8-9-20(12-14)15-4-2-1-3-5-15/h1-7,10,14,19H,8-9,12H2. The first kappa shape index (κ1) is 14.9. The van der Waals surface area contributed by atoms with Crippen LogP contribution in [0.15, 0.2) is 48.5 Å². The summed E-state index contributed by atoms with van der Waals surface area (Å²) in [4.78, 5) is 13.0. The van der Waals surface area contributed by atoms with E-state index in [0.717, 1.165) is 25.2 Å². The topological polar surface area (TPSA) is 82.2 Å². The van der Waals surface area contributed by atoms with Crippen molar-refractivity contribution in [2.24, 2.45) is 0 Å². The number of para-hydroxylation sites is 1. The lowest BCUT2D eigenvalue weighted by Crippen LogP contribution is -2.26. The summed E-state index contributed by atoms with van der Waals surface area (Å²) in [6.45, 7) is 1.70. The summed E-state index contributed by atoms with van der Waals surface area (Å²) in [5, 5.41) is 23.3. The summed E-state index contributed by atoms with van der Waals surface area (Å²) in [5.41, 5.74) is 1.86. The van der Waals surface area contributed by atoms with Crippen molar-refractivity contribution >= 4 is 17.1 Å². The maximum atomic E-state index is 11.2. The Morgan fingerprint density at radius 1 is 1.26 bits per heavy atom. The first-order valence-electron chi connectivity index (χ1n) is 7.42. The molecule has 1 aliphatic rings. The predicted molar refractivity (Wildman–Crippen MR) is 88.5 cm³/mol. The first-order chi connectivity index (χ1) is 11.2. The molecule has 23 heavy (non-hydrogen) atoms. The van der Waals surface area contributed by atoms with Gasteiger partial charge < -0.3 is 10.2 Å². The molecule has 1 heterocycles. The molecule has 1 aliphatic heterocycles. The van der Waals surface area contributed by atoms with Crippen LogP contribution in [0.2, 0.25) is 0 Å². The van der Waals surface area contributed by atoms with Gasteiger partial charge in [0.05, 0.1) is 16.6 Å². The Bertz CT molecular complexity index is 755. The molecule has 1 unspecified atom stereocenters. The first-order valence-corrected chi connectivity index (χ1v) is 7.42. The van der Waals surface area contributed by atoms with Crippen LogP contribution in [0.3, 0.4) is 0 Å². The fraction of sp³-hybridized carbons (Fsp3) is 0.235. The van der Waals surface area contributed by atoms with E-state index < -0.39 is 4.92 Å². The summed E-state index contributed by atoms with van der Waals surface area (Å²) in [5.74, 6) is 0. The number of hydrogen-bond acceptors (Lipinski definition) is 5. The normalized spacial score (nSPS) is 16.8. The molecular formula is C17H16N4O2.